The van der Waals surface area contributed by atoms with Gasteiger partial charge < -0.3 is 5.32 Å². The third kappa shape index (κ3) is 3.44. The van der Waals surface area contributed by atoms with Crippen LogP contribution >= 0.6 is 0 Å². The fourth-order valence-corrected chi connectivity index (χ4v) is 2.24. The number of fused-ring (bicyclic) bond motifs is 1. The van der Waals surface area contributed by atoms with Gasteiger partial charge in [0.25, 0.3) is 11.7 Å². The quantitative estimate of drug-likeness (QED) is 0.786. The number of rotatable bonds is 4. The molecule has 2 heterocycles. The third-order valence-electron chi connectivity index (χ3n) is 3.41. The summed E-state index contributed by atoms with van der Waals surface area (Å²) in [6.45, 7) is 2.23. The molecule has 6 nitrogen and oxygen atoms in total. The molecule has 3 aromatic rings. The van der Waals surface area contributed by atoms with E-state index in [0.717, 1.165) is 6.07 Å². The van der Waals surface area contributed by atoms with Gasteiger partial charge in [0.1, 0.15) is 0 Å². The average Bonchev–Trinajstić information content (AvgIpc) is 3.02. The first-order chi connectivity index (χ1) is 11.9. The molecule has 130 valence electrons. The second-order valence-corrected chi connectivity index (χ2v) is 5.29. The van der Waals surface area contributed by atoms with Gasteiger partial charge in [-0.05, 0) is 12.5 Å². The summed E-state index contributed by atoms with van der Waals surface area (Å²) in [7, 11) is 0. The van der Waals surface area contributed by atoms with E-state index in [0.29, 0.717) is 23.0 Å². The van der Waals surface area contributed by atoms with Crippen molar-refractivity contribution in [3.63, 3.8) is 0 Å². The highest BCUT2D eigenvalue weighted by Gasteiger charge is 2.36. The molecule has 0 bridgehead atoms. The Balaban J connectivity index is 2.15. The summed E-state index contributed by atoms with van der Waals surface area (Å²) >= 11 is 0. The van der Waals surface area contributed by atoms with Gasteiger partial charge in [0.2, 0.25) is 5.82 Å². The highest BCUT2D eigenvalue weighted by molar-refractivity contribution is 5.90. The number of nitrogens with one attached hydrogen (secondary N) is 1. The molecule has 3 rings (SSSR count). The second kappa shape index (κ2) is 6.50. The molecule has 0 atom stereocenters. The van der Waals surface area contributed by atoms with Crippen molar-refractivity contribution in [1.29, 1.82) is 0 Å². The Kier molecular flexibility index (Phi) is 4.39. The van der Waals surface area contributed by atoms with Gasteiger partial charge >= 0.3 is 6.18 Å². The lowest BCUT2D eigenvalue weighted by Gasteiger charge is -2.10. The van der Waals surface area contributed by atoms with Gasteiger partial charge in [-0.1, -0.05) is 37.3 Å². The van der Waals surface area contributed by atoms with Crippen LogP contribution in [0.5, 0.6) is 0 Å². The van der Waals surface area contributed by atoms with E-state index in [1.165, 1.54) is 0 Å². The van der Waals surface area contributed by atoms with Crippen molar-refractivity contribution in [2.24, 2.45) is 0 Å². The first-order valence-corrected chi connectivity index (χ1v) is 7.59. The number of carbonyl (C=O) groups excluding carboxylic acids is 1. The molecule has 0 fully saturated rings. The fraction of sp³-hybridized carbons (Fsp3) is 0.250. The highest BCUT2D eigenvalue weighted by atomic mass is 19.4. The maximum Gasteiger partial charge on any atom is 0.433 e. The standard InChI is InChI=1S/C16H14F3N5O/c1-2-8-20-14(25)13-22-15-21-11(10-6-4-3-5-7-10)9-12(16(17,18)19)24(15)23-13/h3-7,9H,2,8H2,1H3,(H,20,25). The molecule has 1 aromatic carbocycles. The van der Waals surface area contributed by atoms with Gasteiger partial charge in [-0.25, -0.2) is 4.98 Å². The SMILES string of the molecule is CCCNC(=O)c1nc2nc(-c3ccccc3)cc(C(F)(F)F)n2n1. The van der Waals surface area contributed by atoms with E-state index in [9.17, 15) is 18.0 Å². The van der Waals surface area contributed by atoms with Crippen LogP contribution in [0.4, 0.5) is 13.2 Å². The van der Waals surface area contributed by atoms with E-state index in [-0.39, 0.29) is 17.3 Å². The van der Waals surface area contributed by atoms with Gasteiger partial charge in [-0.15, -0.1) is 5.10 Å². The van der Waals surface area contributed by atoms with Gasteiger partial charge in [0.15, 0.2) is 5.69 Å². The smallest absolute Gasteiger partial charge is 0.349 e. The van der Waals surface area contributed by atoms with Crippen LogP contribution in [-0.4, -0.2) is 32.0 Å². The molecule has 9 heteroatoms. The van der Waals surface area contributed by atoms with E-state index in [1.54, 1.807) is 30.3 Å². The monoisotopic (exact) mass is 349 g/mol. The van der Waals surface area contributed by atoms with Crippen LogP contribution in [0.1, 0.15) is 29.7 Å². The van der Waals surface area contributed by atoms with Crippen LogP contribution in [0, 0.1) is 0 Å². The third-order valence-corrected chi connectivity index (χ3v) is 3.41. The van der Waals surface area contributed by atoms with Gasteiger partial charge in [0.05, 0.1) is 5.69 Å². The van der Waals surface area contributed by atoms with E-state index in [4.69, 9.17) is 0 Å². The van der Waals surface area contributed by atoms with Crippen LogP contribution < -0.4 is 5.32 Å². The summed E-state index contributed by atoms with van der Waals surface area (Å²) in [5.74, 6) is -1.27. The Morgan fingerprint density at radius 3 is 2.56 bits per heavy atom. The number of aromatic nitrogens is 4. The Labute approximate surface area is 140 Å². The average molecular weight is 349 g/mol. The zero-order valence-electron chi connectivity index (χ0n) is 13.2. The summed E-state index contributed by atoms with van der Waals surface area (Å²) in [6, 6.07) is 9.32. The zero-order valence-corrected chi connectivity index (χ0v) is 13.2. The normalized spacial score (nSPS) is 11.7. The van der Waals surface area contributed by atoms with Crippen molar-refractivity contribution in [2.75, 3.05) is 6.54 Å². The van der Waals surface area contributed by atoms with Gasteiger partial charge in [-0.2, -0.15) is 22.7 Å². The Morgan fingerprint density at radius 2 is 1.92 bits per heavy atom. The molecule has 1 N–H and O–H groups in total. The van der Waals surface area contributed by atoms with Gasteiger partial charge in [-0.3, -0.25) is 4.79 Å². The molecule has 0 aliphatic carbocycles. The van der Waals surface area contributed by atoms with E-state index < -0.39 is 17.8 Å². The Hall–Kier alpha value is -2.97. The lowest BCUT2D eigenvalue weighted by molar-refractivity contribution is -0.142. The minimum atomic E-state index is -4.67. The van der Waals surface area contributed by atoms with Crippen molar-refractivity contribution < 1.29 is 18.0 Å². The van der Waals surface area contributed by atoms with Crippen LogP contribution in [0.25, 0.3) is 17.0 Å². The van der Waals surface area contributed by atoms with Gasteiger partial charge in [0, 0.05) is 12.1 Å². The van der Waals surface area contributed by atoms with Crippen molar-refractivity contribution in [3.8, 4) is 11.3 Å². The molecular formula is C16H14F3N5O. The number of amides is 1. The molecule has 0 spiro atoms. The van der Waals surface area contributed by atoms with Crippen LogP contribution in [0.3, 0.4) is 0 Å². The highest BCUT2D eigenvalue weighted by Crippen LogP contribution is 2.31. The number of alkyl halides is 3. The number of hydrogen-bond donors (Lipinski definition) is 1. The number of nitrogens with zero attached hydrogens (tertiary/aromatic N) is 4. The molecule has 0 aliphatic heterocycles. The molecular weight excluding hydrogens is 335 g/mol. The lowest BCUT2D eigenvalue weighted by Crippen LogP contribution is -2.25. The zero-order chi connectivity index (χ0) is 18.0. The van der Waals surface area contributed by atoms with E-state index in [1.807, 2.05) is 6.92 Å². The van der Waals surface area contributed by atoms with Crippen LogP contribution in [0.2, 0.25) is 0 Å². The topological polar surface area (TPSA) is 72.2 Å². The van der Waals surface area contributed by atoms with Crippen LogP contribution in [-0.2, 0) is 6.18 Å². The molecule has 0 saturated heterocycles. The molecule has 0 saturated carbocycles. The molecule has 0 unspecified atom stereocenters. The Bertz CT molecular complexity index is 905. The summed E-state index contributed by atoms with van der Waals surface area (Å²) in [5, 5.41) is 6.21. The minimum Gasteiger partial charge on any atom is -0.349 e. The van der Waals surface area contributed by atoms with E-state index in [2.05, 4.69) is 20.4 Å². The maximum absolute atomic E-state index is 13.4. The molecule has 1 amide bonds. The predicted octanol–water partition coefficient (Wildman–Crippen LogP) is 2.95. The van der Waals surface area contributed by atoms with Crippen molar-refractivity contribution >= 4 is 11.7 Å². The summed E-state index contributed by atoms with van der Waals surface area (Å²) in [5.41, 5.74) is -0.428. The molecule has 0 radical (unpaired) electrons. The molecule has 0 aliphatic rings. The largest absolute Gasteiger partial charge is 0.433 e. The van der Waals surface area contributed by atoms with Crippen molar-refractivity contribution in [1.82, 2.24) is 24.9 Å². The predicted molar refractivity (Wildman–Crippen MR) is 83.8 cm³/mol. The number of benzene rings is 1. The second-order valence-electron chi connectivity index (χ2n) is 5.29. The van der Waals surface area contributed by atoms with Crippen LogP contribution in [0.15, 0.2) is 36.4 Å². The molecule has 25 heavy (non-hydrogen) atoms. The fourth-order valence-electron chi connectivity index (χ4n) is 2.24. The van der Waals surface area contributed by atoms with E-state index >= 15 is 0 Å². The summed E-state index contributed by atoms with van der Waals surface area (Å²) in [4.78, 5) is 19.9. The number of halogens is 3. The summed E-state index contributed by atoms with van der Waals surface area (Å²) < 4.78 is 40.8. The van der Waals surface area contributed by atoms with Crippen molar-refractivity contribution in [3.05, 3.63) is 47.9 Å². The maximum atomic E-state index is 13.4. The number of carbonyl (C=O) groups is 1. The Morgan fingerprint density at radius 1 is 1.20 bits per heavy atom. The first-order valence-electron chi connectivity index (χ1n) is 7.59. The lowest BCUT2D eigenvalue weighted by atomic mass is 10.1. The molecule has 2 aromatic heterocycles. The minimum absolute atomic E-state index is 0.105. The van der Waals surface area contributed by atoms with Crippen molar-refractivity contribution in [2.45, 2.75) is 19.5 Å². The first kappa shape index (κ1) is 16.9. The summed E-state index contributed by atoms with van der Waals surface area (Å²) in [6.07, 6.45) is -3.99. The number of hydrogen-bond acceptors (Lipinski definition) is 4.